The number of carbonyl (C=O) groups is 1. The third-order valence-electron chi connectivity index (χ3n) is 8.99. The maximum Gasteiger partial charge on any atom is 0.407 e. The molecular formula is C34H46N4O6S2. The van der Waals surface area contributed by atoms with Gasteiger partial charge < -0.3 is 24.8 Å². The van der Waals surface area contributed by atoms with Crippen LogP contribution in [0.25, 0.3) is 10.2 Å². The van der Waals surface area contributed by atoms with Crippen LogP contribution in [0.5, 0.6) is 0 Å². The highest BCUT2D eigenvalue weighted by Crippen LogP contribution is 2.33. The van der Waals surface area contributed by atoms with E-state index in [2.05, 4.69) is 22.5 Å². The average Bonchev–Trinajstić information content (AvgIpc) is 3.80. The fourth-order valence-corrected chi connectivity index (χ4v) is 8.90. The zero-order valence-corrected chi connectivity index (χ0v) is 28.5. The van der Waals surface area contributed by atoms with E-state index in [1.807, 2.05) is 44.2 Å². The van der Waals surface area contributed by atoms with Crippen LogP contribution in [0.15, 0.2) is 53.4 Å². The van der Waals surface area contributed by atoms with Gasteiger partial charge in [-0.1, -0.05) is 62.4 Å². The molecule has 1 aliphatic carbocycles. The average molecular weight is 671 g/mol. The first-order chi connectivity index (χ1) is 22.1. The fourth-order valence-electron chi connectivity index (χ4n) is 6.20. The van der Waals surface area contributed by atoms with Crippen molar-refractivity contribution in [3.05, 3.63) is 54.1 Å². The molecule has 12 heteroatoms. The number of benzene rings is 2. The quantitative estimate of drug-likeness (QED) is 0.226. The van der Waals surface area contributed by atoms with Crippen LogP contribution in [0.2, 0.25) is 0 Å². The number of thiazole rings is 1. The smallest absolute Gasteiger partial charge is 0.407 e. The Labute approximate surface area is 276 Å². The van der Waals surface area contributed by atoms with Gasteiger partial charge in [-0.05, 0) is 68.2 Å². The standard InChI is InChI=1S/C34H46N4O6S2/c1-22(2)19-38(46(40,41)28-13-14-29-31(18-28)45-33(37-29)35-26-11-12-26)16-15-27(17-24-7-5-4-6-8-24)36-34(39)44-30-21-43-32-23(3)9-10-25(30)20-42-32/h4-8,13-14,18,22-23,25-27,30,32H,9-12,15-17,19-21H2,1-3H3,(H,35,37)(H,36,39)/t23?,25?,27-,30?,32?/m1/s1. The Morgan fingerprint density at radius 1 is 1.09 bits per heavy atom. The summed E-state index contributed by atoms with van der Waals surface area (Å²) in [6, 6.07) is 15.2. The van der Waals surface area contributed by atoms with Gasteiger partial charge in [0.15, 0.2) is 11.4 Å². The highest BCUT2D eigenvalue weighted by Gasteiger charge is 2.37. The van der Waals surface area contributed by atoms with Gasteiger partial charge in [-0.25, -0.2) is 18.2 Å². The largest absolute Gasteiger partial charge is 0.443 e. The van der Waals surface area contributed by atoms with Crippen LogP contribution in [-0.4, -0.2) is 74.6 Å². The first kappa shape index (κ1) is 33.1. The van der Waals surface area contributed by atoms with Gasteiger partial charge in [0.05, 0.1) is 28.3 Å². The van der Waals surface area contributed by atoms with E-state index in [0.29, 0.717) is 44.6 Å². The number of nitrogens with zero attached hydrogens (tertiary/aromatic N) is 2. The van der Waals surface area contributed by atoms with Crippen molar-refractivity contribution < 1.29 is 27.4 Å². The van der Waals surface area contributed by atoms with Gasteiger partial charge in [-0.3, -0.25) is 0 Å². The summed E-state index contributed by atoms with van der Waals surface area (Å²) in [5.74, 6) is 0.503. The van der Waals surface area contributed by atoms with Crippen LogP contribution in [0.3, 0.4) is 0 Å². The summed E-state index contributed by atoms with van der Waals surface area (Å²) in [5.41, 5.74) is 1.84. The van der Waals surface area contributed by atoms with Crippen molar-refractivity contribution in [3.63, 3.8) is 0 Å². The zero-order valence-electron chi connectivity index (χ0n) is 26.9. The second-order valence-electron chi connectivity index (χ2n) is 13.4. The first-order valence-electron chi connectivity index (χ1n) is 16.6. The molecule has 5 atom stereocenters. The van der Waals surface area contributed by atoms with E-state index in [0.717, 1.165) is 46.6 Å². The Morgan fingerprint density at radius 2 is 1.87 bits per heavy atom. The number of rotatable bonds is 13. The van der Waals surface area contributed by atoms with E-state index >= 15 is 0 Å². The molecule has 2 aliphatic heterocycles. The Balaban J connectivity index is 1.16. The molecule has 0 radical (unpaired) electrons. The van der Waals surface area contributed by atoms with E-state index in [4.69, 9.17) is 14.2 Å². The summed E-state index contributed by atoms with van der Waals surface area (Å²) in [6.45, 7) is 7.57. The van der Waals surface area contributed by atoms with Gasteiger partial charge in [0.25, 0.3) is 0 Å². The molecule has 1 saturated carbocycles. The Hall–Kier alpha value is -2.77. The lowest BCUT2D eigenvalue weighted by Crippen LogP contribution is -2.44. The Kier molecular flexibility index (Phi) is 10.5. The number of hydrogen-bond donors (Lipinski definition) is 2. The minimum atomic E-state index is -3.81. The molecule has 3 heterocycles. The number of carbonyl (C=O) groups excluding carboxylic acids is 1. The van der Waals surface area contributed by atoms with E-state index in [1.54, 1.807) is 22.5 Å². The highest BCUT2D eigenvalue weighted by atomic mass is 32.2. The summed E-state index contributed by atoms with van der Waals surface area (Å²) in [5, 5.41) is 7.31. The normalized spacial score (nSPS) is 24.1. The Bertz CT molecular complexity index is 1580. The SMILES string of the molecule is CC(C)CN(CC[C@H](Cc1ccccc1)NC(=O)OC1COC2OCC1CCC2C)S(=O)(=O)c1ccc2nc(NC3CC3)sc2c1. The van der Waals surface area contributed by atoms with E-state index < -0.39 is 22.2 Å². The topological polar surface area (TPSA) is 119 Å². The predicted molar refractivity (Wildman–Crippen MR) is 179 cm³/mol. The number of alkyl carbamates (subject to hydrolysis) is 1. The molecular weight excluding hydrogens is 625 g/mol. The summed E-state index contributed by atoms with van der Waals surface area (Å²) in [4.78, 5) is 18.2. The fraction of sp³-hybridized carbons (Fsp3) is 0.588. The second kappa shape index (κ2) is 14.6. The van der Waals surface area contributed by atoms with Crippen LogP contribution >= 0.6 is 11.3 Å². The van der Waals surface area contributed by atoms with Crippen LogP contribution in [-0.2, 0) is 30.7 Å². The molecule has 2 aromatic carbocycles. The lowest BCUT2D eigenvalue weighted by molar-refractivity contribution is -0.158. The number of fused-ring (bicyclic) bond motifs is 4. The first-order valence-corrected chi connectivity index (χ1v) is 18.8. The molecule has 4 unspecified atom stereocenters. The molecule has 3 aromatic rings. The molecule has 3 fully saturated rings. The lowest BCUT2D eigenvalue weighted by atomic mass is 9.93. The van der Waals surface area contributed by atoms with Crippen LogP contribution in [0.4, 0.5) is 9.93 Å². The second-order valence-corrected chi connectivity index (χ2v) is 16.4. The van der Waals surface area contributed by atoms with Crippen LogP contribution in [0, 0.1) is 17.8 Å². The lowest BCUT2D eigenvalue weighted by Gasteiger charge is -2.29. The van der Waals surface area contributed by atoms with Crippen molar-refractivity contribution in [1.29, 1.82) is 0 Å². The maximum absolute atomic E-state index is 14.1. The zero-order chi connectivity index (χ0) is 32.3. The van der Waals surface area contributed by atoms with Crippen molar-refractivity contribution in [1.82, 2.24) is 14.6 Å². The van der Waals surface area contributed by atoms with E-state index in [1.165, 1.54) is 11.3 Å². The van der Waals surface area contributed by atoms with Gasteiger partial charge in [0, 0.05) is 37.0 Å². The van der Waals surface area contributed by atoms with Gasteiger partial charge in [-0.2, -0.15) is 4.31 Å². The summed E-state index contributed by atoms with van der Waals surface area (Å²) in [6.07, 6.45) is 3.94. The molecule has 2 N–H and O–H groups in total. The third kappa shape index (κ3) is 8.38. The number of amides is 1. The predicted octanol–water partition coefficient (Wildman–Crippen LogP) is 6.03. The molecule has 1 aromatic heterocycles. The van der Waals surface area contributed by atoms with Crippen LogP contribution < -0.4 is 10.6 Å². The molecule has 10 nitrogen and oxygen atoms in total. The Morgan fingerprint density at radius 3 is 2.63 bits per heavy atom. The van der Waals surface area contributed by atoms with Crippen molar-refractivity contribution in [2.45, 2.75) is 88.7 Å². The number of hydrogen-bond acceptors (Lipinski definition) is 9. The number of sulfonamides is 1. The monoisotopic (exact) mass is 670 g/mol. The molecule has 250 valence electrons. The highest BCUT2D eigenvalue weighted by molar-refractivity contribution is 7.89. The maximum atomic E-state index is 14.1. The van der Waals surface area contributed by atoms with Gasteiger partial charge in [0.2, 0.25) is 10.0 Å². The summed E-state index contributed by atoms with van der Waals surface area (Å²) < 4.78 is 48.3. The van der Waals surface area contributed by atoms with Gasteiger partial charge >= 0.3 is 6.09 Å². The van der Waals surface area contributed by atoms with Gasteiger partial charge in [-0.15, -0.1) is 0 Å². The molecule has 1 amide bonds. The molecule has 6 rings (SSSR count). The molecule has 2 bridgehead atoms. The molecule has 2 saturated heterocycles. The minimum Gasteiger partial charge on any atom is -0.443 e. The van der Waals surface area contributed by atoms with Crippen molar-refractivity contribution in [2.24, 2.45) is 17.8 Å². The van der Waals surface area contributed by atoms with Gasteiger partial charge in [0.1, 0.15) is 6.10 Å². The molecule has 0 spiro atoms. The molecule has 46 heavy (non-hydrogen) atoms. The van der Waals surface area contributed by atoms with E-state index in [9.17, 15) is 13.2 Å². The number of aromatic nitrogens is 1. The van der Waals surface area contributed by atoms with E-state index in [-0.39, 0.29) is 35.6 Å². The number of anilines is 1. The van der Waals surface area contributed by atoms with Crippen LogP contribution in [0.1, 0.15) is 58.4 Å². The minimum absolute atomic E-state index is 0.0800. The summed E-state index contributed by atoms with van der Waals surface area (Å²) in [7, 11) is -3.81. The van der Waals surface area contributed by atoms with Crippen molar-refractivity contribution >= 4 is 42.8 Å². The number of ether oxygens (including phenoxy) is 3. The van der Waals surface area contributed by atoms with Crippen molar-refractivity contribution in [3.8, 4) is 0 Å². The van der Waals surface area contributed by atoms with Crippen molar-refractivity contribution in [2.75, 3.05) is 31.6 Å². The number of nitrogens with one attached hydrogen (secondary N) is 2. The molecule has 3 aliphatic rings. The third-order valence-corrected chi connectivity index (χ3v) is 11.8. The summed E-state index contributed by atoms with van der Waals surface area (Å²) >= 11 is 1.49.